The number of allylic oxidation sites excluding steroid dienone is 12. The van der Waals surface area contributed by atoms with Crippen LogP contribution in [-0.2, 0) is 28.6 Å². The zero-order valence-corrected chi connectivity index (χ0v) is 55.5. The molecule has 0 aliphatic carbocycles. The maximum absolute atomic E-state index is 12.9. The Balaban J connectivity index is 4.29. The minimum absolute atomic E-state index is 0.0884. The van der Waals surface area contributed by atoms with Crippen LogP contribution in [0.25, 0.3) is 0 Å². The molecule has 0 aromatic carbocycles. The first-order valence-corrected chi connectivity index (χ1v) is 36.4. The molecular formula is C77H138O6. The van der Waals surface area contributed by atoms with Gasteiger partial charge in [-0.2, -0.15) is 0 Å². The summed E-state index contributed by atoms with van der Waals surface area (Å²) in [6.45, 7) is 6.56. The zero-order valence-electron chi connectivity index (χ0n) is 55.5. The van der Waals surface area contributed by atoms with Gasteiger partial charge in [0.2, 0.25) is 0 Å². The van der Waals surface area contributed by atoms with E-state index in [1.807, 2.05) is 0 Å². The molecule has 0 N–H and O–H groups in total. The molecule has 0 radical (unpaired) electrons. The summed E-state index contributed by atoms with van der Waals surface area (Å²) in [6.07, 6.45) is 93.8. The van der Waals surface area contributed by atoms with Gasteiger partial charge in [-0.3, -0.25) is 14.4 Å². The van der Waals surface area contributed by atoms with Crippen LogP contribution in [0.1, 0.15) is 380 Å². The van der Waals surface area contributed by atoms with E-state index >= 15 is 0 Å². The van der Waals surface area contributed by atoms with Crippen LogP contribution in [-0.4, -0.2) is 37.2 Å². The van der Waals surface area contributed by atoms with Crippen molar-refractivity contribution in [3.63, 3.8) is 0 Å². The smallest absolute Gasteiger partial charge is 0.306 e. The van der Waals surface area contributed by atoms with Crippen molar-refractivity contribution in [3.8, 4) is 0 Å². The third-order valence-electron chi connectivity index (χ3n) is 16.2. The highest BCUT2D eigenvalue weighted by Crippen LogP contribution is 2.19. The van der Waals surface area contributed by atoms with Gasteiger partial charge in [-0.15, -0.1) is 0 Å². The van der Waals surface area contributed by atoms with E-state index in [-0.39, 0.29) is 37.5 Å². The Labute approximate surface area is 516 Å². The first-order valence-electron chi connectivity index (χ1n) is 36.4. The predicted molar refractivity (Wildman–Crippen MR) is 362 cm³/mol. The highest BCUT2D eigenvalue weighted by atomic mass is 16.6. The van der Waals surface area contributed by atoms with E-state index in [2.05, 4.69) is 93.7 Å². The predicted octanol–water partition coefficient (Wildman–Crippen LogP) is 25.2. The number of carbonyl (C=O) groups is 3. The van der Waals surface area contributed by atoms with Gasteiger partial charge in [-0.05, 0) is 70.6 Å². The first-order chi connectivity index (χ1) is 41.0. The van der Waals surface area contributed by atoms with Crippen LogP contribution in [0.2, 0.25) is 0 Å². The lowest BCUT2D eigenvalue weighted by Gasteiger charge is -2.18. The quantitative estimate of drug-likeness (QED) is 0.0261. The number of esters is 3. The van der Waals surface area contributed by atoms with Gasteiger partial charge in [0.05, 0.1) is 0 Å². The molecule has 0 amide bonds. The molecular weight excluding hydrogens is 1020 g/mol. The second-order valence-corrected chi connectivity index (χ2v) is 24.5. The van der Waals surface area contributed by atoms with Gasteiger partial charge in [0.25, 0.3) is 0 Å². The molecule has 0 aliphatic rings. The Bertz CT molecular complexity index is 1520. The average Bonchev–Trinajstić information content (AvgIpc) is 3.49. The van der Waals surface area contributed by atoms with Crippen molar-refractivity contribution < 1.29 is 28.6 Å². The summed E-state index contributed by atoms with van der Waals surface area (Å²) in [6, 6.07) is 0. The molecule has 0 heterocycles. The molecule has 482 valence electrons. The Morgan fingerprint density at radius 1 is 0.253 bits per heavy atom. The summed E-state index contributed by atoms with van der Waals surface area (Å²) < 4.78 is 17.0. The lowest BCUT2D eigenvalue weighted by atomic mass is 10.0. The van der Waals surface area contributed by atoms with Crippen molar-refractivity contribution in [2.45, 2.75) is 386 Å². The van der Waals surface area contributed by atoms with Gasteiger partial charge in [0.1, 0.15) is 13.2 Å². The number of carbonyl (C=O) groups excluding carboxylic acids is 3. The van der Waals surface area contributed by atoms with Crippen LogP contribution in [0.3, 0.4) is 0 Å². The number of ether oxygens (including phenoxy) is 3. The minimum atomic E-state index is -0.798. The van der Waals surface area contributed by atoms with Gasteiger partial charge in [-0.25, -0.2) is 0 Å². The fourth-order valence-electron chi connectivity index (χ4n) is 10.8. The van der Waals surface area contributed by atoms with Crippen molar-refractivity contribution in [3.05, 3.63) is 72.9 Å². The summed E-state index contributed by atoms with van der Waals surface area (Å²) in [5.74, 6) is -0.908. The molecule has 0 aromatic rings. The van der Waals surface area contributed by atoms with E-state index in [1.165, 1.54) is 244 Å². The summed E-state index contributed by atoms with van der Waals surface area (Å²) in [7, 11) is 0. The van der Waals surface area contributed by atoms with Gasteiger partial charge in [-0.1, -0.05) is 363 Å². The Hall–Kier alpha value is -3.15. The third-order valence-corrected chi connectivity index (χ3v) is 16.2. The number of hydrogen-bond donors (Lipinski definition) is 0. The van der Waals surface area contributed by atoms with Gasteiger partial charge >= 0.3 is 17.9 Å². The van der Waals surface area contributed by atoms with E-state index in [0.29, 0.717) is 19.3 Å². The van der Waals surface area contributed by atoms with Crippen LogP contribution >= 0.6 is 0 Å². The normalized spacial score (nSPS) is 12.5. The van der Waals surface area contributed by atoms with E-state index in [1.54, 1.807) is 0 Å². The Morgan fingerprint density at radius 2 is 0.470 bits per heavy atom. The summed E-state index contributed by atoms with van der Waals surface area (Å²) >= 11 is 0. The highest BCUT2D eigenvalue weighted by Gasteiger charge is 2.19. The van der Waals surface area contributed by atoms with Crippen LogP contribution in [0.5, 0.6) is 0 Å². The zero-order chi connectivity index (χ0) is 59.9. The fourth-order valence-corrected chi connectivity index (χ4v) is 10.8. The van der Waals surface area contributed by atoms with E-state index in [9.17, 15) is 14.4 Å². The number of hydrogen-bond acceptors (Lipinski definition) is 6. The van der Waals surface area contributed by atoms with Crippen LogP contribution in [0.15, 0.2) is 72.9 Å². The van der Waals surface area contributed by atoms with Crippen molar-refractivity contribution in [1.29, 1.82) is 0 Å². The van der Waals surface area contributed by atoms with Crippen molar-refractivity contribution >= 4 is 17.9 Å². The monoisotopic (exact) mass is 1160 g/mol. The van der Waals surface area contributed by atoms with E-state index in [4.69, 9.17) is 14.2 Å². The summed E-state index contributed by atoms with van der Waals surface area (Å²) in [4.78, 5) is 38.4. The summed E-state index contributed by atoms with van der Waals surface area (Å²) in [5.41, 5.74) is 0. The second kappa shape index (κ2) is 71.3. The number of unbranched alkanes of at least 4 members (excludes halogenated alkanes) is 44. The molecule has 0 rings (SSSR count). The Kier molecular flexibility index (Phi) is 68.6. The second-order valence-electron chi connectivity index (χ2n) is 24.5. The average molecular weight is 1160 g/mol. The maximum atomic E-state index is 12.9. The fraction of sp³-hybridized carbons (Fsp3) is 0.805. The molecule has 0 saturated carbocycles. The molecule has 1 atom stereocenters. The van der Waals surface area contributed by atoms with Crippen molar-refractivity contribution in [2.24, 2.45) is 0 Å². The maximum Gasteiger partial charge on any atom is 0.306 e. The van der Waals surface area contributed by atoms with Crippen molar-refractivity contribution in [1.82, 2.24) is 0 Å². The SMILES string of the molecule is CC/C=C\C/C=C\C/C=C\C/C=C\C/C=C\C/C=C\CCCCC(=O)OC(COC(=O)CCCCCCCCCCCCCCCCC)COC(=O)CCCCCCCCCCCCCCCCCCCCCCCCCCCCCCC. The molecule has 0 spiro atoms. The molecule has 0 aromatic heterocycles. The van der Waals surface area contributed by atoms with Gasteiger partial charge in [0.15, 0.2) is 6.10 Å². The standard InChI is InChI=1S/C77H138O6/c1-4-7-10-13-16-19-22-25-28-30-32-34-35-36-37-38-39-40-41-43-44-46-49-52-55-58-61-64-67-70-76(79)82-73-74(72-81-75(78)69-66-63-60-57-54-51-48-27-24-21-18-15-12-9-6-3)83-77(80)71-68-65-62-59-56-53-50-47-45-42-33-31-29-26-23-20-17-14-11-8-5-2/h8,11,17,20,26,29,33,42,47,50,56,59,74H,4-7,9-10,12-16,18-19,21-25,27-28,30-32,34-41,43-46,48-49,51-55,57-58,60-73H2,1-3H3/b11-8-,20-17-,29-26-,42-33-,50-47-,59-56-. The molecule has 6 heteroatoms. The van der Waals surface area contributed by atoms with Crippen LogP contribution < -0.4 is 0 Å². The van der Waals surface area contributed by atoms with Crippen molar-refractivity contribution in [2.75, 3.05) is 13.2 Å². The Morgan fingerprint density at radius 3 is 0.735 bits per heavy atom. The molecule has 0 aliphatic heterocycles. The highest BCUT2D eigenvalue weighted by molar-refractivity contribution is 5.71. The molecule has 0 bridgehead atoms. The molecule has 0 saturated heterocycles. The molecule has 1 unspecified atom stereocenters. The number of rotatable bonds is 67. The van der Waals surface area contributed by atoms with Crippen LogP contribution in [0.4, 0.5) is 0 Å². The summed E-state index contributed by atoms with van der Waals surface area (Å²) in [5, 5.41) is 0. The lowest BCUT2D eigenvalue weighted by Crippen LogP contribution is -2.30. The molecule has 6 nitrogen and oxygen atoms in total. The third kappa shape index (κ3) is 69.5. The van der Waals surface area contributed by atoms with Gasteiger partial charge in [0, 0.05) is 19.3 Å². The van der Waals surface area contributed by atoms with Crippen LogP contribution in [0, 0.1) is 0 Å². The first kappa shape index (κ1) is 79.8. The van der Waals surface area contributed by atoms with E-state index < -0.39 is 6.10 Å². The molecule has 83 heavy (non-hydrogen) atoms. The molecule has 0 fully saturated rings. The lowest BCUT2D eigenvalue weighted by molar-refractivity contribution is -0.167. The largest absolute Gasteiger partial charge is 0.462 e. The van der Waals surface area contributed by atoms with E-state index in [0.717, 1.165) is 89.9 Å². The minimum Gasteiger partial charge on any atom is -0.462 e. The van der Waals surface area contributed by atoms with Gasteiger partial charge < -0.3 is 14.2 Å². The topological polar surface area (TPSA) is 78.9 Å².